The Bertz CT molecular complexity index is 445. The van der Waals surface area contributed by atoms with Crippen molar-refractivity contribution in [2.75, 3.05) is 26.3 Å². The number of aliphatic hydroxyl groups is 1. The zero-order chi connectivity index (χ0) is 14.4. The number of aliphatic hydroxyl groups excluding tert-OH is 1. The third kappa shape index (κ3) is 4.00. The van der Waals surface area contributed by atoms with E-state index in [1.807, 2.05) is 12.1 Å². The summed E-state index contributed by atoms with van der Waals surface area (Å²) in [7, 11) is 0. The zero-order valence-corrected chi connectivity index (χ0v) is 11.4. The number of piperidine rings is 1. The lowest BCUT2D eigenvalue weighted by molar-refractivity contribution is -0.385. The van der Waals surface area contributed by atoms with Gasteiger partial charge in [0.15, 0.2) is 0 Å². The van der Waals surface area contributed by atoms with Crippen molar-refractivity contribution in [3.8, 4) is 0 Å². The number of benzene rings is 1. The lowest BCUT2D eigenvalue weighted by Gasteiger charge is -2.31. The molecule has 0 bridgehead atoms. The molecule has 110 valence electrons. The van der Waals surface area contributed by atoms with Gasteiger partial charge in [-0.05, 0) is 12.8 Å². The second-order valence-electron chi connectivity index (χ2n) is 4.96. The smallest absolute Gasteiger partial charge is 0.273 e. The normalized spacial score (nSPS) is 17.2. The molecule has 6 heteroatoms. The molecule has 0 unspecified atom stereocenters. The van der Waals surface area contributed by atoms with Crippen LogP contribution >= 0.6 is 0 Å². The number of para-hydroxylation sites is 1. The molecular formula is C14H20N2O4. The third-order valence-corrected chi connectivity index (χ3v) is 3.56. The molecular weight excluding hydrogens is 260 g/mol. The maximum atomic E-state index is 11.0. The summed E-state index contributed by atoms with van der Waals surface area (Å²) < 4.78 is 5.51. The fourth-order valence-electron chi connectivity index (χ4n) is 2.52. The molecule has 1 aliphatic rings. The average Bonchev–Trinajstić information content (AvgIpc) is 2.47. The predicted octanol–water partition coefficient (Wildman–Crippen LogP) is 1.57. The average molecular weight is 280 g/mol. The minimum absolute atomic E-state index is 0.0520. The Kier molecular flexibility index (Phi) is 5.46. The summed E-state index contributed by atoms with van der Waals surface area (Å²) in [6.45, 7) is 2.76. The van der Waals surface area contributed by atoms with Crippen LogP contribution in [0.2, 0.25) is 0 Å². The SMILES string of the molecule is O=[N+]([O-])c1ccccc1CN1CCC(OCCO)CC1. The number of nitro groups is 1. The molecule has 20 heavy (non-hydrogen) atoms. The van der Waals surface area contributed by atoms with Crippen molar-refractivity contribution in [3.63, 3.8) is 0 Å². The van der Waals surface area contributed by atoms with Gasteiger partial charge >= 0.3 is 0 Å². The van der Waals surface area contributed by atoms with Crippen LogP contribution in [0.25, 0.3) is 0 Å². The first-order chi connectivity index (χ1) is 9.70. The van der Waals surface area contributed by atoms with E-state index < -0.39 is 0 Å². The van der Waals surface area contributed by atoms with Gasteiger partial charge < -0.3 is 9.84 Å². The van der Waals surface area contributed by atoms with E-state index >= 15 is 0 Å². The Morgan fingerprint density at radius 2 is 2.05 bits per heavy atom. The fourth-order valence-corrected chi connectivity index (χ4v) is 2.52. The maximum Gasteiger partial charge on any atom is 0.273 e. The molecule has 0 radical (unpaired) electrons. The Morgan fingerprint density at radius 3 is 2.70 bits per heavy atom. The van der Waals surface area contributed by atoms with E-state index in [4.69, 9.17) is 9.84 Å². The van der Waals surface area contributed by atoms with Crippen molar-refractivity contribution < 1.29 is 14.8 Å². The minimum Gasteiger partial charge on any atom is -0.394 e. The lowest BCUT2D eigenvalue weighted by atomic mass is 10.1. The molecule has 1 fully saturated rings. The van der Waals surface area contributed by atoms with Crippen LogP contribution in [0.3, 0.4) is 0 Å². The van der Waals surface area contributed by atoms with Crippen LogP contribution in [-0.2, 0) is 11.3 Å². The van der Waals surface area contributed by atoms with Gasteiger partial charge in [0.25, 0.3) is 5.69 Å². The highest BCUT2D eigenvalue weighted by molar-refractivity contribution is 5.39. The van der Waals surface area contributed by atoms with Crippen LogP contribution in [0.1, 0.15) is 18.4 Å². The van der Waals surface area contributed by atoms with Gasteiger partial charge in [0.2, 0.25) is 0 Å². The topological polar surface area (TPSA) is 75.8 Å². The van der Waals surface area contributed by atoms with Crippen LogP contribution in [0.15, 0.2) is 24.3 Å². The van der Waals surface area contributed by atoms with Gasteiger partial charge in [-0.15, -0.1) is 0 Å². The molecule has 0 aromatic heterocycles. The molecule has 1 aliphatic heterocycles. The maximum absolute atomic E-state index is 11.0. The Morgan fingerprint density at radius 1 is 1.35 bits per heavy atom. The van der Waals surface area contributed by atoms with Gasteiger partial charge in [-0.3, -0.25) is 15.0 Å². The number of nitro benzene ring substituents is 1. The first kappa shape index (κ1) is 14.9. The van der Waals surface area contributed by atoms with E-state index in [1.165, 1.54) is 0 Å². The molecule has 1 saturated heterocycles. The van der Waals surface area contributed by atoms with Crippen molar-refractivity contribution in [2.24, 2.45) is 0 Å². The lowest BCUT2D eigenvalue weighted by Crippen LogP contribution is -2.37. The first-order valence-corrected chi connectivity index (χ1v) is 6.88. The number of rotatable bonds is 6. The van der Waals surface area contributed by atoms with E-state index in [-0.39, 0.29) is 23.3 Å². The number of likely N-dealkylation sites (tertiary alicyclic amines) is 1. The summed E-state index contributed by atoms with van der Waals surface area (Å²) in [4.78, 5) is 12.9. The monoisotopic (exact) mass is 280 g/mol. The van der Waals surface area contributed by atoms with Gasteiger partial charge in [0, 0.05) is 31.3 Å². The molecule has 6 nitrogen and oxygen atoms in total. The summed E-state index contributed by atoms with van der Waals surface area (Å²) in [5.74, 6) is 0. The summed E-state index contributed by atoms with van der Waals surface area (Å²) in [5, 5.41) is 19.7. The molecule has 0 saturated carbocycles. The van der Waals surface area contributed by atoms with Crippen molar-refractivity contribution in [2.45, 2.75) is 25.5 Å². The van der Waals surface area contributed by atoms with Crippen LogP contribution in [0.5, 0.6) is 0 Å². The molecule has 0 aliphatic carbocycles. The highest BCUT2D eigenvalue weighted by Gasteiger charge is 2.22. The van der Waals surface area contributed by atoms with Gasteiger partial charge in [-0.2, -0.15) is 0 Å². The molecule has 0 atom stereocenters. The Hall–Kier alpha value is -1.50. The largest absolute Gasteiger partial charge is 0.394 e. The van der Waals surface area contributed by atoms with Crippen LogP contribution < -0.4 is 0 Å². The number of hydrogen-bond acceptors (Lipinski definition) is 5. The predicted molar refractivity (Wildman–Crippen MR) is 74.4 cm³/mol. The molecule has 1 heterocycles. The van der Waals surface area contributed by atoms with Gasteiger partial charge in [0.1, 0.15) is 0 Å². The fraction of sp³-hybridized carbons (Fsp3) is 0.571. The summed E-state index contributed by atoms with van der Waals surface area (Å²) in [5.41, 5.74) is 0.943. The number of ether oxygens (including phenoxy) is 1. The molecule has 1 aromatic carbocycles. The molecule has 2 rings (SSSR count). The number of nitrogens with zero attached hydrogens (tertiary/aromatic N) is 2. The summed E-state index contributed by atoms with van der Waals surface area (Å²) in [6, 6.07) is 6.88. The summed E-state index contributed by atoms with van der Waals surface area (Å²) in [6.07, 6.45) is 2.01. The molecule has 1 aromatic rings. The Balaban J connectivity index is 1.88. The van der Waals surface area contributed by atoms with Crippen LogP contribution in [-0.4, -0.2) is 47.3 Å². The summed E-state index contributed by atoms with van der Waals surface area (Å²) >= 11 is 0. The molecule has 0 amide bonds. The quantitative estimate of drug-likeness (QED) is 0.632. The standard InChI is InChI=1S/C14H20N2O4/c17-9-10-20-13-5-7-15(8-6-13)11-12-3-1-2-4-14(12)16(18)19/h1-4,13,17H,5-11H2. The van der Waals surface area contributed by atoms with Gasteiger partial charge in [-0.25, -0.2) is 0 Å². The highest BCUT2D eigenvalue weighted by atomic mass is 16.6. The van der Waals surface area contributed by atoms with Gasteiger partial charge in [-0.1, -0.05) is 18.2 Å². The number of hydrogen-bond donors (Lipinski definition) is 1. The second-order valence-corrected chi connectivity index (χ2v) is 4.96. The van der Waals surface area contributed by atoms with Crippen molar-refractivity contribution in [3.05, 3.63) is 39.9 Å². The van der Waals surface area contributed by atoms with Gasteiger partial charge in [0.05, 0.1) is 24.2 Å². The van der Waals surface area contributed by atoms with E-state index in [0.717, 1.165) is 31.5 Å². The molecule has 0 spiro atoms. The third-order valence-electron chi connectivity index (χ3n) is 3.56. The Labute approximate surface area is 118 Å². The van der Waals surface area contributed by atoms with E-state index in [1.54, 1.807) is 12.1 Å². The first-order valence-electron chi connectivity index (χ1n) is 6.88. The van der Waals surface area contributed by atoms with Crippen molar-refractivity contribution in [1.29, 1.82) is 0 Å². The van der Waals surface area contributed by atoms with Crippen LogP contribution in [0.4, 0.5) is 5.69 Å². The van der Waals surface area contributed by atoms with Crippen molar-refractivity contribution >= 4 is 5.69 Å². The highest BCUT2D eigenvalue weighted by Crippen LogP contribution is 2.22. The van der Waals surface area contributed by atoms with Crippen LogP contribution in [0, 0.1) is 10.1 Å². The van der Waals surface area contributed by atoms with E-state index in [0.29, 0.717) is 13.2 Å². The minimum atomic E-state index is -0.327. The van der Waals surface area contributed by atoms with E-state index in [2.05, 4.69) is 4.90 Å². The molecule has 1 N–H and O–H groups in total. The van der Waals surface area contributed by atoms with Crippen molar-refractivity contribution in [1.82, 2.24) is 4.90 Å². The van der Waals surface area contributed by atoms with E-state index in [9.17, 15) is 10.1 Å². The zero-order valence-electron chi connectivity index (χ0n) is 11.4. The second kappa shape index (κ2) is 7.33.